The van der Waals surface area contributed by atoms with Crippen LogP contribution in [0.2, 0.25) is 10.0 Å². The molecule has 26 heavy (non-hydrogen) atoms. The van der Waals surface area contributed by atoms with Crippen molar-refractivity contribution < 1.29 is 9.59 Å². The lowest BCUT2D eigenvalue weighted by atomic mass is 9.95. The zero-order chi connectivity index (χ0) is 19.1. The number of nitrogens with zero attached hydrogens (tertiary/aromatic N) is 1. The summed E-state index contributed by atoms with van der Waals surface area (Å²) >= 11 is 12.1. The van der Waals surface area contributed by atoms with Crippen LogP contribution in [0.1, 0.15) is 39.5 Å². The SMILES string of the molecule is CCCCNC(=O)[C@H]1CCCN([C@H](C)C(=O)Nc2cccc(Cl)c2Cl)C1. The van der Waals surface area contributed by atoms with E-state index in [4.69, 9.17) is 23.2 Å². The molecule has 2 N–H and O–H groups in total. The lowest BCUT2D eigenvalue weighted by Crippen LogP contribution is -2.50. The van der Waals surface area contributed by atoms with Crippen molar-refractivity contribution in [2.45, 2.75) is 45.6 Å². The van der Waals surface area contributed by atoms with E-state index in [0.717, 1.165) is 38.8 Å². The first-order chi connectivity index (χ1) is 12.4. The number of hydrogen-bond acceptors (Lipinski definition) is 3. The molecule has 7 heteroatoms. The molecule has 0 radical (unpaired) electrons. The third kappa shape index (κ3) is 5.60. The predicted octanol–water partition coefficient (Wildman–Crippen LogP) is 3.95. The van der Waals surface area contributed by atoms with Crippen LogP contribution in [0.15, 0.2) is 18.2 Å². The fourth-order valence-corrected chi connectivity index (χ4v) is 3.46. The average Bonchev–Trinajstić information content (AvgIpc) is 2.65. The molecular weight excluding hydrogens is 373 g/mol. The van der Waals surface area contributed by atoms with Crippen molar-refractivity contribution in [2.24, 2.45) is 5.92 Å². The number of anilines is 1. The third-order valence-electron chi connectivity index (χ3n) is 4.79. The number of likely N-dealkylation sites (tertiary alicyclic amines) is 1. The molecule has 2 atom stereocenters. The van der Waals surface area contributed by atoms with Gasteiger partial charge in [-0.25, -0.2) is 0 Å². The Hall–Kier alpha value is -1.30. The Kier molecular flexibility index (Phi) is 8.19. The molecule has 2 rings (SSSR count). The van der Waals surface area contributed by atoms with Gasteiger partial charge in [0.25, 0.3) is 0 Å². The average molecular weight is 400 g/mol. The highest BCUT2D eigenvalue weighted by Gasteiger charge is 2.30. The van der Waals surface area contributed by atoms with Gasteiger partial charge in [0.2, 0.25) is 11.8 Å². The topological polar surface area (TPSA) is 61.4 Å². The van der Waals surface area contributed by atoms with E-state index in [1.165, 1.54) is 0 Å². The van der Waals surface area contributed by atoms with Crippen molar-refractivity contribution in [1.29, 1.82) is 0 Å². The second kappa shape index (κ2) is 10.1. The summed E-state index contributed by atoms with van der Waals surface area (Å²) in [7, 11) is 0. The smallest absolute Gasteiger partial charge is 0.241 e. The van der Waals surface area contributed by atoms with Gasteiger partial charge in [-0.15, -0.1) is 0 Å². The number of amides is 2. The van der Waals surface area contributed by atoms with Gasteiger partial charge in [0.1, 0.15) is 0 Å². The van der Waals surface area contributed by atoms with Gasteiger partial charge < -0.3 is 10.6 Å². The largest absolute Gasteiger partial charge is 0.356 e. The van der Waals surface area contributed by atoms with E-state index >= 15 is 0 Å². The Bertz CT molecular complexity index is 639. The number of nitrogens with one attached hydrogen (secondary N) is 2. The zero-order valence-electron chi connectivity index (χ0n) is 15.4. The fraction of sp³-hybridized carbons (Fsp3) is 0.579. The molecule has 0 spiro atoms. The van der Waals surface area contributed by atoms with Crippen molar-refractivity contribution in [3.05, 3.63) is 28.2 Å². The van der Waals surface area contributed by atoms with Gasteiger partial charge in [-0.3, -0.25) is 14.5 Å². The number of benzene rings is 1. The first-order valence-electron chi connectivity index (χ1n) is 9.20. The molecule has 0 aromatic heterocycles. The quantitative estimate of drug-likeness (QED) is 0.682. The number of piperidine rings is 1. The molecule has 5 nitrogen and oxygen atoms in total. The highest BCUT2D eigenvalue weighted by Crippen LogP contribution is 2.30. The molecule has 0 aliphatic carbocycles. The standard InChI is InChI=1S/C19H27Cl2N3O2/c1-3-4-10-22-19(26)14-7-6-11-24(12-14)13(2)18(25)23-16-9-5-8-15(20)17(16)21/h5,8-9,13-14H,3-4,6-7,10-12H2,1-2H3,(H,22,26)(H,23,25)/t13-,14+/m1/s1. The molecule has 0 bridgehead atoms. The van der Waals surface area contributed by atoms with Crippen molar-refractivity contribution in [1.82, 2.24) is 10.2 Å². The predicted molar refractivity (Wildman–Crippen MR) is 107 cm³/mol. The van der Waals surface area contributed by atoms with E-state index in [1.54, 1.807) is 18.2 Å². The summed E-state index contributed by atoms with van der Waals surface area (Å²) in [6, 6.07) is 4.79. The van der Waals surface area contributed by atoms with E-state index in [0.29, 0.717) is 22.3 Å². The van der Waals surface area contributed by atoms with Crippen LogP contribution >= 0.6 is 23.2 Å². The maximum atomic E-state index is 12.6. The monoisotopic (exact) mass is 399 g/mol. The van der Waals surface area contributed by atoms with E-state index in [9.17, 15) is 9.59 Å². The number of hydrogen-bond donors (Lipinski definition) is 2. The number of carbonyl (C=O) groups is 2. The molecule has 1 saturated heterocycles. The van der Waals surface area contributed by atoms with Crippen molar-refractivity contribution in [2.75, 3.05) is 25.0 Å². The molecule has 144 valence electrons. The van der Waals surface area contributed by atoms with E-state index < -0.39 is 0 Å². The maximum Gasteiger partial charge on any atom is 0.241 e. The first kappa shape index (κ1) is 21.0. The Morgan fingerprint density at radius 1 is 1.35 bits per heavy atom. The molecule has 1 heterocycles. The lowest BCUT2D eigenvalue weighted by Gasteiger charge is -2.35. The van der Waals surface area contributed by atoms with Gasteiger partial charge in [0.15, 0.2) is 0 Å². The van der Waals surface area contributed by atoms with Crippen LogP contribution in [-0.4, -0.2) is 42.4 Å². The number of rotatable bonds is 7. The summed E-state index contributed by atoms with van der Waals surface area (Å²) in [6.45, 7) is 6.06. The van der Waals surface area contributed by atoms with Crippen molar-refractivity contribution in [3.8, 4) is 0 Å². The van der Waals surface area contributed by atoms with E-state index in [-0.39, 0.29) is 23.8 Å². The number of unbranched alkanes of at least 4 members (excludes halogenated alkanes) is 1. The number of carbonyl (C=O) groups excluding carboxylic acids is 2. The van der Waals surface area contributed by atoms with Crippen molar-refractivity contribution >= 4 is 40.7 Å². The van der Waals surface area contributed by atoms with Crippen LogP contribution in [-0.2, 0) is 9.59 Å². The van der Waals surface area contributed by atoms with Gasteiger partial charge >= 0.3 is 0 Å². The second-order valence-corrected chi connectivity index (χ2v) is 7.53. The van der Waals surface area contributed by atoms with Gasteiger partial charge in [-0.05, 0) is 44.9 Å². The molecule has 2 amide bonds. The van der Waals surface area contributed by atoms with Gasteiger partial charge in [-0.1, -0.05) is 42.6 Å². The summed E-state index contributed by atoms with van der Waals surface area (Å²) in [5, 5.41) is 6.57. The van der Waals surface area contributed by atoms with Gasteiger partial charge in [0.05, 0.1) is 27.7 Å². The summed E-state index contributed by atoms with van der Waals surface area (Å²) in [5.41, 5.74) is 0.502. The van der Waals surface area contributed by atoms with E-state index in [1.807, 2.05) is 6.92 Å². The summed E-state index contributed by atoms with van der Waals surface area (Å²) in [6.07, 6.45) is 3.81. The summed E-state index contributed by atoms with van der Waals surface area (Å²) in [5.74, 6) is -0.125. The fourth-order valence-electron chi connectivity index (χ4n) is 3.11. The molecule has 1 aliphatic rings. The number of halogens is 2. The minimum Gasteiger partial charge on any atom is -0.356 e. The highest BCUT2D eigenvalue weighted by molar-refractivity contribution is 6.44. The Morgan fingerprint density at radius 3 is 2.85 bits per heavy atom. The maximum absolute atomic E-state index is 12.6. The van der Waals surface area contributed by atoms with Gasteiger partial charge in [-0.2, -0.15) is 0 Å². The molecule has 1 aromatic carbocycles. The molecule has 1 aromatic rings. The van der Waals surface area contributed by atoms with Crippen LogP contribution in [0.25, 0.3) is 0 Å². The van der Waals surface area contributed by atoms with Gasteiger partial charge in [0, 0.05) is 13.1 Å². The molecular formula is C19H27Cl2N3O2. The highest BCUT2D eigenvalue weighted by atomic mass is 35.5. The lowest BCUT2D eigenvalue weighted by molar-refractivity contribution is -0.129. The molecule has 0 saturated carbocycles. The Morgan fingerprint density at radius 2 is 2.12 bits per heavy atom. The van der Waals surface area contributed by atoms with Crippen molar-refractivity contribution in [3.63, 3.8) is 0 Å². The van der Waals surface area contributed by atoms with Crippen LogP contribution < -0.4 is 10.6 Å². The van der Waals surface area contributed by atoms with Crippen LogP contribution in [0.3, 0.4) is 0 Å². The summed E-state index contributed by atoms with van der Waals surface area (Å²) < 4.78 is 0. The second-order valence-electron chi connectivity index (χ2n) is 6.75. The Labute approximate surface area is 165 Å². The van der Waals surface area contributed by atoms with Crippen LogP contribution in [0, 0.1) is 5.92 Å². The Balaban J connectivity index is 1.93. The minimum absolute atomic E-state index is 0.0642. The molecule has 1 aliphatic heterocycles. The zero-order valence-corrected chi connectivity index (χ0v) is 16.9. The van der Waals surface area contributed by atoms with E-state index in [2.05, 4.69) is 22.5 Å². The first-order valence-corrected chi connectivity index (χ1v) is 9.96. The summed E-state index contributed by atoms with van der Waals surface area (Å²) in [4.78, 5) is 27.0. The van der Waals surface area contributed by atoms with Crippen LogP contribution in [0.5, 0.6) is 0 Å². The molecule has 1 fully saturated rings. The van der Waals surface area contributed by atoms with Crippen LogP contribution in [0.4, 0.5) is 5.69 Å². The minimum atomic E-state index is -0.351. The third-order valence-corrected chi connectivity index (χ3v) is 5.61. The normalized spacial score (nSPS) is 19.0. The molecule has 0 unspecified atom stereocenters.